The Hall–Kier alpha value is -1.52. The van der Waals surface area contributed by atoms with Crippen molar-refractivity contribution in [2.24, 2.45) is 0 Å². The summed E-state index contributed by atoms with van der Waals surface area (Å²) in [5.41, 5.74) is 1.46. The Kier molecular flexibility index (Phi) is 4.12. The second-order valence-electron chi connectivity index (χ2n) is 4.03. The lowest BCUT2D eigenvalue weighted by atomic mass is 10.1. The van der Waals surface area contributed by atoms with Gasteiger partial charge in [0.1, 0.15) is 5.75 Å². The summed E-state index contributed by atoms with van der Waals surface area (Å²) >= 11 is 9.33. The van der Waals surface area contributed by atoms with Crippen LogP contribution < -0.4 is 5.32 Å². The van der Waals surface area contributed by atoms with Crippen LogP contribution in [0.5, 0.6) is 5.75 Å². The Balaban J connectivity index is 2.31. The molecular weight excluding hydrogens is 330 g/mol. The van der Waals surface area contributed by atoms with Gasteiger partial charge in [-0.1, -0.05) is 33.6 Å². The van der Waals surface area contributed by atoms with Crippen LogP contribution in [0.25, 0.3) is 0 Å². The highest BCUT2D eigenvalue weighted by Crippen LogP contribution is 2.27. The number of carbonyl (C=O) groups excluding carboxylic acids is 1. The van der Waals surface area contributed by atoms with Gasteiger partial charge in [-0.2, -0.15) is 0 Å². The molecule has 0 spiro atoms. The molecule has 0 atom stereocenters. The molecule has 0 aromatic heterocycles. The van der Waals surface area contributed by atoms with E-state index in [1.54, 1.807) is 37.3 Å². The molecule has 0 fully saturated rings. The molecule has 98 valence electrons. The fourth-order valence-electron chi connectivity index (χ4n) is 1.65. The molecule has 0 saturated heterocycles. The summed E-state index contributed by atoms with van der Waals surface area (Å²) in [5.74, 6) is -0.221. The molecule has 0 aliphatic heterocycles. The summed E-state index contributed by atoms with van der Waals surface area (Å²) in [6, 6.07) is 10.0. The quantitative estimate of drug-likeness (QED) is 0.853. The van der Waals surface area contributed by atoms with Crippen molar-refractivity contribution in [2.45, 2.75) is 6.92 Å². The van der Waals surface area contributed by atoms with Gasteiger partial charge in [0.25, 0.3) is 5.91 Å². The van der Waals surface area contributed by atoms with Crippen molar-refractivity contribution >= 4 is 39.1 Å². The van der Waals surface area contributed by atoms with Crippen LogP contribution >= 0.6 is 27.5 Å². The standard InChI is InChI=1S/C14H11BrClNO2/c1-8-10(3-2-4-13(8)18)14(19)17-12-7-9(15)5-6-11(12)16/h2-7,18H,1H3,(H,17,19). The van der Waals surface area contributed by atoms with Crippen LogP contribution in [0, 0.1) is 6.92 Å². The third kappa shape index (κ3) is 3.08. The lowest BCUT2D eigenvalue weighted by molar-refractivity contribution is 0.102. The number of carbonyl (C=O) groups is 1. The van der Waals surface area contributed by atoms with Crippen molar-refractivity contribution in [3.63, 3.8) is 0 Å². The average molecular weight is 341 g/mol. The van der Waals surface area contributed by atoms with Crippen LogP contribution in [0.15, 0.2) is 40.9 Å². The highest BCUT2D eigenvalue weighted by atomic mass is 79.9. The summed E-state index contributed by atoms with van der Waals surface area (Å²) in [6.45, 7) is 1.69. The fraction of sp³-hybridized carbons (Fsp3) is 0.0714. The van der Waals surface area contributed by atoms with E-state index in [4.69, 9.17) is 11.6 Å². The zero-order valence-corrected chi connectivity index (χ0v) is 12.4. The van der Waals surface area contributed by atoms with E-state index in [-0.39, 0.29) is 11.7 Å². The first-order valence-corrected chi connectivity index (χ1v) is 6.71. The number of benzene rings is 2. The number of nitrogens with one attached hydrogen (secondary N) is 1. The fourth-order valence-corrected chi connectivity index (χ4v) is 2.18. The van der Waals surface area contributed by atoms with Crippen LogP contribution in [0.3, 0.4) is 0 Å². The number of phenols is 1. The van der Waals surface area contributed by atoms with Crippen molar-refractivity contribution in [1.82, 2.24) is 0 Å². The summed E-state index contributed by atoms with van der Waals surface area (Å²) in [7, 11) is 0. The van der Waals surface area contributed by atoms with Crippen molar-refractivity contribution in [3.05, 3.63) is 57.0 Å². The number of rotatable bonds is 2. The Bertz CT molecular complexity index is 643. The average Bonchev–Trinajstić information content (AvgIpc) is 2.37. The van der Waals surface area contributed by atoms with Crippen LogP contribution in [0.1, 0.15) is 15.9 Å². The van der Waals surface area contributed by atoms with Crippen molar-refractivity contribution in [3.8, 4) is 5.75 Å². The first-order valence-electron chi connectivity index (χ1n) is 5.54. The minimum atomic E-state index is -0.312. The molecule has 0 aliphatic rings. The zero-order chi connectivity index (χ0) is 14.0. The SMILES string of the molecule is Cc1c(O)cccc1C(=O)Nc1cc(Br)ccc1Cl. The normalized spacial score (nSPS) is 10.3. The van der Waals surface area contributed by atoms with Gasteiger partial charge < -0.3 is 10.4 Å². The van der Waals surface area contributed by atoms with Crippen LogP contribution in [-0.2, 0) is 0 Å². The van der Waals surface area contributed by atoms with Crippen LogP contribution in [0.4, 0.5) is 5.69 Å². The Morgan fingerprint density at radius 1 is 1.32 bits per heavy atom. The predicted octanol–water partition coefficient (Wildman–Crippen LogP) is 4.37. The van der Waals surface area contributed by atoms with E-state index in [1.807, 2.05) is 0 Å². The Morgan fingerprint density at radius 3 is 2.79 bits per heavy atom. The van der Waals surface area contributed by atoms with E-state index in [1.165, 1.54) is 6.07 Å². The zero-order valence-electron chi connectivity index (χ0n) is 10.1. The number of hydrogen-bond donors (Lipinski definition) is 2. The van der Waals surface area contributed by atoms with Gasteiger partial charge in [0, 0.05) is 15.6 Å². The maximum atomic E-state index is 12.2. The highest BCUT2D eigenvalue weighted by molar-refractivity contribution is 9.10. The van der Waals surface area contributed by atoms with Gasteiger partial charge in [0.15, 0.2) is 0 Å². The lowest BCUT2D eigenvalue weighted by Gasteiger charge is -2.10. The van der Waals surface area contributed by atoms with Gasteiger partial charge in [-0.15, -0.1) is 0 Å². The van der Waals surface area contributed by atoms with Gasteiger partial charge in [-0.25, -0.2) is 0 Å². The van der Waals surface area contributed by atoms with Gasteiger partial charge in [0.05, 0.1) is 10.7 Å². The van der Waals surface area contributed by atoms with E-state index >= 15 is 0 Å². The molecule has 2 aromatic carbocycles. The molecule has 2 rings (SSSR count). The molecule has 0 heterocycles. The summed E-state index contributed by atoms with van der Waals surface area (Å²) in [4.78, 5) is 12.2. The molecule has 2 aromatic rings. The largest absolute Gasteiger partial charge is 0.508 e. The number of aromatic hydroxyl groups is 1. The molecule has 0 radical (unpaired) electrons. The molecule has 0 unspecified atom stereocenters. The molecule has 5 heteroatoms. The summed E-state index contributed by atoms with van der Waals surface area (Å²) in [5, 5.41) is 12.8. The molecule has 2 N–H and O–H groups in total. The van der Waals surface area contributed by atoms with Gasteiger partial charge in [-0.05, 0) is 37.3 Å². The second kappa shape index (κ2) is 5.63. The minimum Gasteiger partial charge on any atom is -0.508 e. The van der Waals surface area contributed by atoms with Crippen LogP contribution in [-0.4, -0.2) is 11.0 Å². The van der Waals surface area contributed by atoms with E-state index in [9.17, 15) is 9.90 Å². The molecule has 19 heavy (non-hydrogen) atoms. The molecule has 0 aliphatic carbocycles. The monoisotopic (exact) mass is 339 g/mol. The number of phenolic OH excluding ortho intramolecular Hbond substituents is 1. The number of amides is 1. The van der Waals surface area contributed by atoms with Gasteiger partial charge >= 0.3 is 0 Å². The number of anilines is 1. The van der Waals surface area contributed by atoms with E-state index in [0.717, 1.165) is 4.47 Å². The highest BCUT2D eigenvalue weighted by Gasteiger charge is 2.13. The second-order valence-corrected chi connectivity index (χ2v) is 5.35. The molecular formula is C14H11BrClNO2. The van der Waals surface area contributed by atoms with E-state index < -0.39 is 0 Å². The van der Waals surface area contributed by atoms with Crippen molar-refractivity contribution < 1.29 is 9.90 Å². The number of hydrogen-bond acceptors (Lipinski definition) is 2. The first kappa shape index (κ1) is 13.9. The predicted molar refractivity (Wildman–Crippen MR) is 79.9 cm³/mol. The van der Waals surface area contributed by atoms with Crippen molar-refractivity contribution in [2.75, 3.05) is 5.32 Å². The minimum absolute atomic E-state index is 0.0907. The van der Waals surface area contributed by atoms with Crippen LogP contribution in [0.2, 0.25) is 5.02 Å². The topological polar surface area (TPSA) is 49.3 Å². The van der Waals surface area contributed by atoms with Gasteiger partial charge in [-0.3, -0.25) is 4.79 Å². The molecule has 0 bridgehead atoms. The summed E-state index contributed by atoms with van der Waals surface area (Å²) in [6.07, 6.45) is 0. The number of halogens is 2. The Labute approximate surface area is 124 Å². The van der Waals surface area contributed by atoms with E-state index in [0.29, 0.717) is 21.8 Å². The third-order valence-electron chi connectivity index (χ3n) is 2.73. The Morgan fingerprint density at radius 2 is 2.05 bits per heavy atom. The summed E-state index contributed by atoms with van der Waals surface area (Å²) < 4.78 is 0.819. The first-order chi connectivity index (χ1) is 8.99. The molecule has 3 nitrogen and oxygen atoms in total. The van der Waals surface area contributed by atoms with Gasteiger partial charge in [0.2, 0.25) is 0 Å². The maximum absolute atomic E-state index is 12.2. The molecule has 1 amide bonds. The smallest absolute Gasteiger partial charge is 0.256 e. The third-order valence-corrected chi connectivity index (χ3v) is 3.55. The van der Waals surface area contributed by atoms with Crippen molar-refractivity contribution in [1.29, 1.82) is 0 Å². The van der Waals surface area contributed by atoms with E-state index in [2.05, 4.69) is 21.2 Å². The molecule has 0 saturated carbocycles. The maximum Gasteiger partial charge on any atom is 0.256 e. The lowest BCUT2D eigenvalue weighted by Crippen LogP contribution is -2.13.